The van der Waals surface area contributed by atoms with Crippen LogP contribution in [0.5, 0.6) is 0 Å². The van der Waals surface area contributed by atoms with Crippen LogP contribution in [0.15, 0.2) is 30.3 Å². The summed E-state index contributed by atoms with van der Waals surface area (Å²) in [5.74, 6) is 0. The zero-order valence-electron chi connectivity index (χ0n) is 7.64. The molecule has 70 valence electrons. The van der Waals surface area contributed by atoms with E-state index >= 15 is 0 Å². The van der Waals surface area contributed by atoms with Crippen LogP contribution in [0.3, 0.4) is 0 Å². The van der Waals surface area contributed by atoms with Crippen molar-refractivity contribution in [2.45, 2.75) is 19.1 Å². The highest BCUT2D eigenvalue weighted by molar-refractivity contribution is 7.98. The SMILES string of the molecule is CC(C)SO[P+](=O)c1ccccc1. The van der Waals surface area contributed by atoms with Crippen molar-refractivity contribution in [1.29, 1.82) is 0 Å². The predicted molar refractivity (Wildman–Crippen MR) is 57.5 cm³/mol. The number of benzene rings is 1. The molecule has 0 fully saturated rings. The van der Waals surface area contributed by atoms with Gasteiger partial charge in [0.2, 0.25) is 5.30 Å². The molecule has 0 saturated carbocycles. The lowest BCUT2D eigenvalue weighted by Gasteiger charge is -1.93. The van der Waals surface area contributed by atoms with E-state index in [1.165, 1.54) is 12.0 Å². The van der Waals surface area contributed by atoms with Crippen molar-refractivity contribution in [3.8, 4) is 0 Å². The molecule has 0 N–H and O–H groups in total. The molecule has 1 aromatic rings. The molecule has 0 aliphatic carbocycles. The van der Waals surface area contributed by atoms with Crippen molar-refractivity contribution < 1.29 is 8.54 Å². The van der Waals surface area contributed by atoms with Crippen LogP contribution < -0.4 is 5.30 Å². The van der Waals surface area contributed by atoms with Gasteiger partial charge in [0.25, 0.3) is 0 Å². The van der Waals surface area contributed by atoms with E-state index in [0.29, 0.717) is 5.25 Å². The van der Waals surface area contributed by atoms with E-state index in [4.69, 9.17) is 3.97 Å². The molecule has 1 aromatic carbocycles. The number of hydrogen-bond donors (Lipinski definition) is 0. The third-order valence-electron chi connectivity index (χ3n) is 1.27. The Morgan fingerprint density at radius 2 is 1.92 bits per heavy atom. The summed E-state index contributed by atoms with van der Waals surface area (Å²) in [6, 6.07) is 9.21. The van der Waals surface area contributed by atoms with Crippen molar-refractivity contribution >= 4 is 25.4 Å². The third-order valence-corrected chi connectivity index (χ3v) is 3.26. The Morgan fingerprint density at radius 1 is 1.31 bits per heavy atom. The first-order valence-corrected chi connectivity index (χ1v) is 6.04. The Kier molecular flexibility index (Phi) is 4.43. The van der Waals surface area contributed by atoms with E-state index in [2.05, 4.69) is 0 Å². The average molecular weight is 215 g/mol. The maximum absolute atomic E-state index is 11.5. The Balaban J connectivity index is 2.50. The molecule has 0 aliphatic rings. The molecule has 0 saturated heterocycles. The van der Waals surface area contributed by atoms with Crippen LogP contribution in [0.2, 0.25) is 0 Å². The van der Waals surface area contributed by atoms with Gasteiger partial charge in [0.1, 0.15) is 0 Å². The minimum absolute atomic E-state index is 0.336. The van der Waals surface area contributed by atoms with Gasteiger partial charge in [0.05, 0.1) is 12.0 Å². The minimum Gasteiger partial charge on any atom is -0.0673 e. The fraction of sp³-hybridized carbons (Fsp3) is 0.333. The van der Waals surface area contributed by atoms with Crippen LogP contribution in [0.25, 0.3) is 0 Å². The Bertz CT molecular complexity index is 274. The summed E-state index contributed by atoms with van der Waals surface area (Å²) in [6.45, 7) is 4.00. The fourth-order valence-corrected chi connectivity index (χ4v) is 2.48. The second kappa shape index (κ2) is 5.38. The molecule has 0 spiro atoms. The largest absolute Gasteiger partial charge is 0.560 e. The highest BCUT2D eigenvalue weighted by Gasteiger charge is 2.22. The third kappa shape index (κ3) is 3.90. The van der Waals surface area contributed by atoms with E-state index in [9.17, 15) is 4.57 Å². The molecule has 0 amide bonds. The van der Waals surface area contributed by atoms with Gasteiger partial charge in [-0.25, -0.2) is 0 Å². The van der Waals surface area contributed by atoms with Crippen LogP contribution >= 0.6 is 20.1 Å². The standard InChI is InChI=1S/C9H12O2PS/c1-8(2)13-11-12(10)9-6-4-3-5-7-9/h3-8H,1-2H3/q+1. The molecular weight excluding hydrogens is 203 g/mol. The second-order valence-corrected chi connectivity index (χ2v) is 5.57. The van der Waals surface area contributed by atoms with E-state index in [0.717, 1.165) is 5.30 Å². The molecule has 2 nitrogen and oxygen atoms in total. The molecule has 0 aromatic heterocycles. The zero-order chi connectivity index (χ0) is 9.68. The molecule has 0 aliphatic heterocycles. The predicted octanol–water partition coefficient (Wildman–Crippen LogP) is 3.13. The van der Waals surface area contributed by atoms with Crippen LogP contribution in [0.1, 0.15) is 13.8 Å². The van der Waals surface area contributed by atoms with Crippen LogP contribution in [0, 0.1) is 0 Å². The van der Waals surface area contributed by atoms with Gasteiger partial charge in [-0.05, 0) is 16.7 Å². The van der Waals surface area contributed by atoms with Gasteiger partial charge in [-0.2, -0.15) is 0 Å². The van der Waals surface area contributed by atoms with Gasteiger partial charge >= 0.3 is 8.03 Å². The summed E-state index contributed by atoms with van der Waals surface area (Å²) in [7, 11) is -1.70. The summed E-state index contributed by atoms with van der Waals surface area (Å²) in [5, 5.41) is 1.08. The molecule has 1 atom stereocenters. The molecule has 1 rings (SSSR count). The lowest BCUT2D eigenvalue weighted by molar-refractivity contribution is 0.542. The average Bonchev–Trinajstić information content (AvgIpc) is 2.15. The van der Waals surface area contributed by atoms with Crippen molar-refractivity contribution in [2.24, 2.45) is 0 Å². The summed E-state index contributed by atoms with van der Waals surface area (Å²) >= 11 is 1.25. The highest BCUT2D eigenvalue weighted by atomic mass is 32.2. The molecule has 0 heterocycles. The molecule has 1 unspecified atom stereocenters. The topological polar surface area (TPSA) is 26.3 Å². The number of rotatable bonds is 4. The van der Waals surface area contributed by atoms with Crippen molar-refractivity contribution in [1.82, 2.24) is 0 Å². The maximum atomic E-state index is 11.5. The van der Waals surface area contributed by atoms with Crippen molar-refractivity contribution in [2.75, 3.05) is 0 Å². The molecule has 0 radical (unpaired) electrons. The molecular formula is C9H12O2PS+. The lowest BCUT2D eigenvalue weighted by atomic mass is 10.4. The maximum Gasteiger partial charge on any atom is 0.560 e. The first-order chi connectivity index (χ1) is 6.20. The van der Waals surface area contributed by atoms with E-state index < -0.39 is 8.03 Å². The van der Waals surface area contributed by atoms with Crippen LogP contribution in [-0.2, 0) is 8.54 Å². The van der Waals surface area contributed by atoms with Gasteiger partial charge in [-0.15, -0.1) is 0 Å². The number of hydrogen-bond acceptors (Lipinski definition) is 3. The second-order valence-electron chi connectivity index (χ2n) is 2.81. The summed E-state index contributed by atoms with van der Waals surface area (Å²) in [4.78, 5) is 0. The summed E-state index contributed by atoms with van der Waals surface area (Å²) < 4.78 is 16.6. The lowest BCUT2D eigenvalue weighted by Crippen LogP contribution is -1.95. The first kappa shape index (κ1) is 10.7. The Morgan fingerprint density at radius 3 is 2.46 bits per heavy atom. The molecule has 4 heteroatoms. The van der Waals surface area contributed by atoms with Gasteiger partial charge in [0, 0.05) is 5.25 Å². The van der Waals surface area contributed by atoms with E-state index in [-0.39, 0.29) is 0 Å². The monoisotopic (exact) mass is 215 g/mol. The van der Waals surface area contributed by atoms with Crippen LogP contribution in [0.4, 0.5) is 0 Å². The Hall–Kier alpha value is -0.370. The fourth-order valence-electron chi connectivity index (χ4n) is 0.718. The quantitative estimate of drug-likeness (QED) is 0.570. The minimum atomic E-state index is -1.70. The van der Waals surface area contributed by atoms with Gasteiger partial charge in [-0.1, -0.05) is 36.0 Å². The van der Waals surface area contributed by atoms with Gasteiger partial charge in [-0.3, -0.25) is 0 Å². The molecule has 0 bridgehead atoms. The normalized spacial score (nSPS) is 11.8. The van der Waals surface area contributed by atoms with Gasteiger partial charge < -0.3 is 0 Å². The summed E-state index contributed by atoms with van der Waals surface area (Å²) in [6.07, 6.45) is 0. The smallest absolute Gasteiger partial charge is 0.0673 e. The summed E-state index contributed by atoms with van der Waals surface area (Å²) in [5.41, 5.74) is 0. The highest BCUT2D eigenvalue weighted by Crippen LogP contribution is 2.30. The zero-order valence-corrected chi connectivity index (χ0v) is 9.35. The van der Waals surface area contributed by atoms with Crippen molar-refractivity contribution in [3.05, 3.63) is 30.3 Å². The molecule has 13 heavy (non-hydrogen) atoms. The van der Waals surface area contributed by atoms with Crippen molar-refractivity contribution in [3.63, 3.8) is 0 Å². The van der Waals surface area contributed by atoms with E-state index in [1.807, 2.05) is 32.0 Å². The first-order valence-electron chi connectivity index (χ1n) is 4.06. The van der Waals surface area contributed by atoms with Gasteiger partial charge in [0.15, 0.2) is 0 Å². The van der Waals surface area contributed by atoms with E-state index in [1.54, 1.807) is 12.1 Å². The van der Waals surface area contributed by atoms with Crippen LogP contribution in [-0.4, -0.2) is 5.25 Å². The Labute approximate surface area is 83.8 Å².